The quantitative estimate of drug-likeness (QED) is 0.356. The Labute approximate surface area is 219 Å². The molecule has 2 aliphatic rings. The second kappa shape index (κ2) is 11.5. The van der Waals surface area contributed by atoms with E-state index in [1.165, 1.54) is 0 Å². The smallest absolute Gasteiger partial charge is 0.243 e. The predicted molar refractivity (Wildman–Crippen MR) is 152 cm³/mol. The number of anilines is 3. The number of hydrogen-bond donors (Lipinski definition) is 2. The van der Waals surface area contributed by atoms with Crippen LogP contribution >= 0.6 is 24.0 Å². The fraction of sp³-hybridized carbons (Fsp3) is 0.500. The Bertz CT molecular complexity index is 1140. The molecule has 6 nitrogen and oxygen atoms in total. The van der Waals surface area contributed by atoms with Crippen LogP contribution in [0.1, 0.15) is 39.5 Å². The molecule has 2 aliphatic heterocycles. The summed E-state index contributed by atoms with van der Waals surface area (Å²) < 4.78 is 28.5. The average Bonchev–Trinajstić information content (AvgIpc) is 2.85. The highest BCUT2D eigenvalue weighted by atomic mass is 32.2. The van der Waals surface area contributed by atoms with Crippen LogP contribution in [0.5, 0.6) is 0 Å². The third kappa shape index (κ3) is 6.50. The second-order valence-electron chi connectivity index (χ2n) is 9.75. The van der Waals surface area contributed by atoms with Crippen molar-refractivity contribution in [3.8, 4) is 0 Å². The molecule has 2 aromatic rings. The van der Waals surface area contributed by atoms with Gasteiger partial charge in [0, 0.05) is 36.8 Å². The van der Waals surface area contributed by atoms with Gasteiger partial charge in [-0.2, -0.15) is 4.31 Å². The van der Waals surface area contributed by atoms with Gasteiger partial charge in [-0.05, 0) is 92.4 Å². The number of rotatable bonds is 6. The van der Waals surface area contributed by atoms with Crippen molar-refractivity contribution in [2.75, 3.05) is 48.0 Å². The fourth-order valence-corrected chi connectivity index (χ4v) is 6.84. The zero-order valence-corrected chi connectivity index (χ0v) is 23.2. The lowest BCUT2D eigenvalue weighted by atomic mass is 9.98. The summed E-state index contributed by atoms with van der Waals surface area (Å²) in [7, 11) is -3.56. The van der Waals surface area contributed by atoms with E-state index in [1.807, 2.05) is 30.5 Å². The van der Waals surface area contributed by atoms with Crippen LogP contribution in [-0.2, 0) is 10.0 Å². The molecule has 2 aromatic carbocycles. The molecule has 35 heavy (non-hydrogen) atoms. The third-order valence-corrected chi connectivity index (χ3v) is 9.87. The minimum Gasteiger partial charge on any atom is -0.370 e. The summed E-state index contributed by atoms with van der Waals surface area (Å²) in [5.41, 5.74) is 2.61. The Kier molecular flexibility index (Phi) is 8.63. The monoisotopic (exact) mass is 532 g/mol. The molecular weight excluding hydrogens is 497 g/mol. The van der Waals surface area contributed by atoms with Gasteiger partial charge >= 0.3 is 0 Å². The molecule has 190 valence electrons. The maximum atomic E-state index is 13.5. The van der Waals surface area contributed by atoms with Gasteiger partial charge in [0.2, 0.25) is 10.0 Å². The van der Waals surface area contributed by atoms with Crippen LogP contribution in [0.2, 0.25) is 0 Å². The molecule has 0 amide bonds. The molecular formula is C26H36N4O2S3. The molecule has 2 saturated heterocycles. The summed E-state index contributed by atoms with van der Waals surface area (Å²) in [6, 6.07) is 13.5. The molecule has 0 atom stereocenters. The van der Waals surface area contributed by atoms with Gasteiger partial charge in [0.15, 0.2) is 5.11 Å². The van der Waals surface area contributed by atoms with Crippen LogP contribution in [0.25, 0.3) is 0 Å². The first-order valence-electron chi connectivity index (χ1n) is 12.4. The lowest BCUT2D eigenvalue weighted by Gasteiger charge is -2.34. The number of thiocarbonyl (C=S) groups is 1. The van der Waals surface area contributed by atoms with Crippen molar-refractivity contribution >= 4 is 56.2 Å². The van der Waals surface area contributed by atoms with Crippen LogP contribution in [-0.4, -0.2) is 50.3 Å². The molecule has 0 aliphatic carbocycles. The van der Waals surface area contributed by atoms with E-state index in [0.29, 0.717) is 34.9 Å². The van der Waals surface area contributed by atoms with E-state index in [-0.39, 0.29) is 0 Å². The third-order valence-electron chi connectivity index (χ3n) is 7.05. The van der Waals surface area contributed by atoms with Gasteiger partial charge in [-0.1, -0.05) is 19.9 Å². The zero-order chi connectivity index (χ0) is 25.0. The van der Waals surface area contributed by atoms with E-state index in [4.69, 9.17) is 12.2 Å². The van der Waals surface area contributed by atoms with Crippen molar-refractivity contribution in [1.29, 1.82) is 0 Å². The first-order chi connectivity index (χ1) is 16.8. The van der Waals surface area contributed by atoms with E-state index in [0.717, 1.165) is 60.7 Å². The number of hydrogen-bond acceptors (Lipinski definition) is 5. The summed E-state index contributed by atoms with van der Waals surface area (Å²) in [5, 5.41) is 7.01. The van der Waals surface area contributed by atoms with E-state index in [1.54, 1.807) is 28.2 Å². The Morgan fingerprint density at radius 1 is 0.943 bits per heavy atom. The van der Waals surface area contributed by atoms with E-state index < -0.39 is 10.0 Å². The van der Waals surface area contributed by atoms with Gasteiger partial charge in [0.05, 0.1) is 16.3 Å². The number of thioether (sulfide) groups is 1. The van der Waals surface area contributed by atoms with Gasteiger partial charge in [0.1, 0.15) is 0 Å². The minimum absolute atomic E-state index is 0.316. The Morgan fingerprint density at radius 3 is 2.26 bits per heavy atom. The molecule has 2 fully saturated rings. The number of piperidine rings is 2. The van der Waals surface area contributed by atoms with E-state index in [2.05, 4.69) is 35.4 Å². The summed E-state index contributed by atoms with van der Waals surface area (Å²) in [6.45, 7) is 7.51. The Balaban J connectivity index is 1.60. The number of sulfonamides is 1. The lowest BCUT2D eigenvalue weighted by molar-refractivity contribution is 0.288. The molecule has 0 bridgehead atoms. The Morgan fingerprint density at radius 2 is 1.60 bits per heavy atom. The maximum absolute atomic E-state index is 13.5. The van der Waals surface area contributed by atoms with Gasteiger partial charge in [-0.15, -0.1) is 11.8 Å². The molecule has 0 aromatic heterocycles. The predicted octanol–water partition coefficient (Wildman–Crippen LogP) is 5.87. The topological polar surface area (TPSA) is 64.7 Å². The average molecular weight is 533 g/mol. The first-order valence-corrected chi connectivity index (χ1v) is 15.4. The van der Waals surface area contributed by atoms with Crippen molar-refractivity contribution in [3.05, 3.63) is 42.5 Å². The SMILES string of the molecule is CSc1cccc(NC(=S)Nc2cc(S(=O)(=O)N3CCC(C)CC3)ccc2N2CCC(C)CC2)c1. The largest absolute Gasteiger partial charge is 0.370 e. The van der Waals surface area contributed by atoms with Crippen molar-refractivity contribution in [3.63, 3.8) is 0 Å². The molecule has 4 rings (SSSR count). The first kappa shape index (κ1) is 26.3. The standard InChI is InChI=1S/C26H36N4O2S3/c1-19-9-13-29(14-10-19)25-8-7-23(35(31,32)30-15-11-20(2)12-16-30)18-24(25)28-26(33)27-21-5-4-6-22(17-21)34-3/h4-8,17-20H,9-16H2,1-3H3,(H2,27,28,33). The highest BCUT2D eigenvalue weighted by molar-refractivity contribution is 7.98. The van der Waals surface area contributed by atoms with Crippen LogP contribution in [0.3, 0.4) is 0 Å². The van der Waals surface area contributed by atoms with Crippen molar-refractivity contribution < 1.29 is 8.42 Å². The summed E-state index contributed by atoms with van der Waals surface area (Å²) in [4.78, 5) is 3.79. The van der Waals surface area contributed by atoms with Crippen LogP contribution in [0, 0.1) is 11.8 Å². The molecule has 2 N–H and O–H groups in total. The van der Waals surface area contributed by atoms with E-state index >= 15 is 0 Å². The summed E-state index contributed by atoms with van der Waals surface area (Å²) >= 11 is 7.32. The summed E-state index contributed by atoms with van der Waals surface area (Å²) in [5.74, 6) is 1.27. The number of nitrogens with zero attached hydrogens (tertiary/aromatic N) is 2. The second-order valence-corrected chi connectivity index (χ2v) is 13.0. The normalized spacial score (nSPS) is 18.4. The van der Waals surface area contributed by atoms with E-state index in [9.17, 15) is 8.42 Å². The van der Waals surface area contributed by atoms with Crippen LogP contribution in [0.4, 0.5) is 17.1 Å². The molecule has 0 unspecified atom stereocenters. The van der Waals surface area contributed by atoms with Gasteiger partial charge < -0.3 is 15.5 Å². The van der Waals surface area contributed by atoms with Crippen molar-refractivity contribution in [1.82, 2.24) is 4.31 Å². The molecule has 0 radical (unpaired) electrons. The minimum atomic E-state index is -3.56. The molecule has 0 spiro atoms. The van der Waals surface area contributed by atoms with Gasteiger partial charge in [-0.3, -0.25) is 0 Å². The van der Waals surface area contributed by atoms with Gasteiger partial charge in [-0.25, -0.2) is 8.42 Å². The molecule has 0 saturated carbocycles. The number of benzene rings is 2. The maximum Gasteiger partial charge on any atom is 0.243 e. The zero-order valence-electron chi connectivity index (χ0n) is 20.8. The molecule has 9 heteroatoms. The van der Waals surface area contributed by atoms with Crippen LogP contribution < -0.4 is 15.5 Å². The lowest BCUT2D eigenvalue weighted by Crippen LogP contribution is -2.38. The molecule has 2 heterocycles. The van der Waals surface area contributed by atoms with Crippen molar-refractivity contribution in [2.45, 2.75) is 49.3 Å². The number of nitrogens with one attached hydrogen (secondary N) is 2. The highest BCUT2D eigenvalue weighted by Crippen LogP contribution is 2.34. The van der Waals surface area contributed by atoms with Gasteiger partial charge in [0.25, 0.3) is 0 Å². The van der Waals surface area contributed by atoms with Crippen molar-refractivity contribution in [2.24, 2.45) is 11.8 Å². The fourth-order valence-electron chi connectivity index (χ4n) is 4.66. The Hall–Kier alpha value is -1.81. The van der Waals surface area contributed by atoms with Crippen LogP contribution in [0.15, 0.2) is 52.3 Å². The highest BCUT2D eigenvalue weighted by Gasteiger charge is 2.29. The summed E-state index contributed by atoms with van der Waals surface area (Å²) in [6.07, 6.45) is 6.08.